The number of anilines is 1. The lowest BCUT2D eigenvalue weighted by Gasteiger charge is -2.35. The lowest BCUT2D eigenvalue weighted by Crippen LogP contribution is -2.49. The first-order chi connectivity index (χ1) is 11.8. The van der Waals surface area contributed by atoms with Crippen LogP contribution in [0.2, 0.25) is 0 Å². The molecule has 0 atom stereocenters. The highest BCUT2D eigenvalue weighted by Gasteiger charge is 2.25. The SMILES string of the molecule is O=C(c1cn[nH]c1-c1cccs1)N1CCN(c2ccccn2)CC1. The zero-order chi connectivity index (χ0) is 16.4. The molecule has 122 valence electrons. The molecule has 3 aromatic heterocycles. The number of hydrogen-bond donors (Lipinski definition) is 1. The number of rotatable bonds is 3. The number of piperazine rings is 1. The number of carbonyl (C=O) groups is 1. The Labute approximate surface area is 143 Å². The summed E-state index contributed by atoms with van der Waals surface area (Å²) in [4.78, 5) is 22.4. The molecule has 0 bridgehead atoms. The van der Waals surface area contributed by atoms with Gasteiger partial charge in [0.05, 0.1) is 22.3 Å². The minimum Gasteiger partial charge on any atom is -0.353 e. The van der Waals surface area contributed by atoms with E-state index in [1.165, 1.54) is 0 Å². The maximum absolute atomic E-state index is 12.9. The van der Waals surface area contributed by atoms with Gasteiger partial charge in [0.25, 0.3) is 5.91 Å². The smallest absolute Gasteiger partial charge is 0.257 e. The van der Waals surface area contributed by atoms with Gasteiger partial charge in [-0.2, -0.15) is 5.10 Å². The molecule has 24 heavy (non-hydrogen) atoms. The van der Waals surface area contributed by atoms with Gasteiger partial charge in [-0.3, -0.25) is 9.89 Å². The fourth-order valence-corrected chi connectivity index (χ4v) is 3.64. The summed E-state index contributed by atoms with van der Waals surface area (Å²) in [5, 5.41) is 9.02. The van der Waals surface area contributed by atoms with Gasteiger partial charge < -0.3 is 9.80 Å². The standard InChI is InChI=1S/C17H17N5OS/c23-17(13-12-19-20-16(13)14-4-3-11-24-14)22-9-7-21(8-10-22)15-5-1-2-6-18-15/h1-6,11-12H,7-10H2,(H,19,20). The number of pyridine rings is 1. The monoisotopic (exact) mass is 339 g/mol. The Morgan fingerprint density at radius 1 is 1.12 bits per heavy atom. The molecule has 4 rings (SSSR count). The second-order valence-electron chi connectivity index (χ2n) is 5.60. The van der Waals surface area contributed by atoms with Crippen molar-refractivity contribution in [3.8, 4) is 10.6 Å². The van der Waals surface area contributed by atoms with E-state index in [4.69, 9.17) is 0 Å². The molecule has 0 unspecified atom stereocenters. The summed E-state index contributed by atoms with van der Waals surface area (Å²) in [6.45, 7) is 2.94. The first kappa shape index (κ1) is 14.9. The predicted octanol–water partition coefficient (Wildman–Crippen LogP) is 2.50. The minimum atomic E-state index is 0.0350. The molecule has 0 aromatic carbocycles. The van der Waals surface area contributed by atoms with Crippen LogP contribution in [0.5, 0.6) is 0 Å². The van der Waals surface area contributed by atoms with Crippen molar-refractivity contribution in [2.45, 2.75) is 0 Å². The van der Waals surface area contributed by atoms with Crippen molar-refractivity contribution >= 4 is 23.1 Å². The van der Waals surface area contributed by atoms with Gasteiger partial charge in [0.15, 0.2) is 0 Å². The van der Waals surface area contributed by atoms with Crippen molar-refractivity contribution in [1.82, 2.24) is 20.1 Å². The van der Waals surface area contributed by atoms with E-state index >= 15 is 0 Å². The molecule has 1 aliphatic heterocycles. The Morgan fingerprint density at radius 2 is 2.00 bits per heavy atom. The summed E-state index contributed by atoms with van der Waals surface area (Å²) in [7, 11) is 0. The molecule has 0 spiro atoms. The highest BCUT2D eigenvalue weighted by molar-refractivity contribution is 7.13. The fourth-order valence-electron chi connectivity index (χ4n) is 2.91. The number of thiophene rings is 1. The van der Waals surface area contributed by atoms with Crippen LogP contribution in [0.25, 0.3) is 10.6 Å². The molecular weight excluding hydrogens is 322 g/mol. The number of nitrogens with zero attached hydrogens (tertiary/aromatic N) is 4. The lowest BCUT2D eigenvalue weighted by molar-refractivity contribution is 0.0747. The molecule has 1 fully saturated rings. The molecule has 4 heterocycles. The number of aromatic amines is 1. The van der Waals surface area contributed by atoms with Crippen molar-refractivity contribution in [2.75, 3.05) is 31.1 Å². The van der Waals surface area contributed by atoms with Crippen molar-refractivity contribution in [2.24, 2.45) is 0 Å². The molecule has 1 saturated heterocycles. The molecule has 7 heteroatoms. The van der Waals surface area contributed by atoms with E-state index in [-0.39, 0.29) is 5.91 Å². The second kappa shape index (κ2) is 6.45. The molecule has 1 amide bonds. The first-order valence-electron chi connectivity index (χ1n) is 7.85. The van der Waals surface area contributed by atoms with Gasteiger partial charge in [0.1, 0.15) is 5.82 Å². The van der Waals surface area contributed by atoms with Crippen LogP contribution >= 0.6 is 11.3 Å². The molecule has 0 aliphatic carbocycles. The van der Waals surface area contributed by atoms with Gasteiger partial charge in [-0.05, 0) is 23.6 Å². The zero-order valence-corrected chi connectivity index (χ0v) is 13.9. The topological polar surface area (TPSA) is 65.1 Å². The van der Waals surface area contributed by atoms with Gasteiger partial charge in [0, 0.05) is 32.4 Å². The van der Waals surface area contributed by atoms with Crippen LogP contribution in [0.15, 0.2) is 48.1 Å². The number of carbonyl (C=O) groups excluding carboxylic acids is 1. The summed E-state index contributed by atoms with van der Waals surface area (Å²) >= 11 is 1.60. The minimum absolute atomic E-state index is 0.0350. The first-order valence-corrected chi connectivity index (χ1v) is 8.73. The maximum atomic E-state index is 12.9. The number of H-pyrrole nitrogens is 1. The van der Waals surface area contributed by atoms with E-state index in [1.54, 1.807) is 23.7 Å². The molecule has 1 N–H and O–H groups in total. The van der Waals surface area contributed by atoms with E-state index in [0.717, 1.165) is 29.5 Å². The summed E-state index contributed by atoms with van der Waals surface area (Å²) in [5.74, 6) is 1.00. The van der Waals surface area contributed by atoms with Crippen molar-refractivity contribution in [1.29, 1.82) is 0 Å². The Hall–Kier alpha value is -2.67. The quantitative estimate of drug-likeness (QED) is 0.796. The van der Waals surface area contributed by atoms with Gasteiger partial charge in [0.2, 0.25) is 0 Å². The maximum Gasteiger partial charge on any atom is 0.257 e. The van der Waals surface area contributed by atoms with Crippen molar-refractivity contribution < 1.29 is 4.79 Å². The summed E-state index contributed by atoms with van der Waals surface area (Å²) in [6, 6.07) is 9.87. The van der Waals surface area contributed by atoms with Crippen molar-refractivity contribution in [3.05, 3.63) is 53.7 Å². The van der Waals surface area contributed by atoms with E-state index < -0.39 is 0 Å². The molecule has 6 nitrogen and oxygen atoms in total. The average molecular weight is 339 g/mol. The van der Waals surface area contributed by atoms with Crippen LogP contribution < -0.4 is 4.90 Å². The van der Waals surface area contributed by atoms with Crippen LogP contribution in [0.3, 0.4) is 0 Å². The largest absolute Gasteiger partial charge is 0.353 e. The Morgan fingerprint density at radius 3 is 2.71 bits per heavy atom. The van der Waals surface area contributed by atoms with Crippen LogP contribution in [0.1, 0.15) is 10.4 Å². The van der Waals surface area contributed by atoms with Crippen LogP contribution in [0, 0.1) is 0 Å². The van der Waals surface area contributed by atoms with Crippen LogP contribution in [-0.2, 0) is 0 Å². The Bertz CT molecular complexity index is 807. The third-order valence-electron chi connectivity index (χ3n) is 4.18. The van der Waals surface area contributed by atoms with Crippen molar-refractivity contribution in [3.63, 3.8) is 0 Å². The molecule has 1 aliphatic rings. The third-order valence-corrected chi connectivity index (χ3v) is 5.06. The summed E-state index contributed by atoms with van der Waals surface area (Å²) < 4.78 is 0. The average Bonchev–Trinajstić information content (AvgIpc) is 3.33. The second-order valence-corrected chi connectivity index (χ2v) is 6.55. The number of amides is 1. The Balaban J connectivity index is 1.47. The fraction of sp³-hybridized carbons (Fsp3) is 0.235. The van der Waals surface area contributed by atoms with Gasteiger partial charge in [-0.15, -0.1) is 11.3 Å². The molecular formula is C17H17N5OS. The van der Waals surface area contributed by atoms with Crippen LogP contribution in [-0.4, -0.2) is 52.2 Å². The summed E-state index contributed by atoms with van der Waals surface area (Å²) in [5.41, 5.74) is 1.45. The highest BCUT2D eigenvalue weighted by atomic mass is 32.1. The van der Waals surface area contributed by atoms with E-state index in [2.05, 4.69) is 20.1 Å². The number of nitrogens with one attached hydrogen (secondary N) is 1. The number of aromatic nitrogens is 3. The van der Waals surface area contributed by atoms with Gasteiger partial charge in [-0.1, -0.05) is 12.1 Å². The molecule has 0 saturated carbocycles. The normalized spacial score (nSPS) is 14.8. The Kier molecular flexibility index (Phi) is 4.00. The van der Waals surface area contributed by atoms with E-state index in [9.17, 15) is 4.79 Å². The lowest BCUT2D eigenvalue weighted by atomic mass is 10.1. The predicted molar refractivity (Wildman–Crippen MR) is 94.3 cm³/mol. The molecule has 0 radical (unpaired) electrons. The van der Waals surface area contributed by atoms with Gasteiger partial charge >= 0.3 is 0 Å². The number of hydrogen-bond acceptors (Lipinski definition) is 5. The van der Waals surface area contributed by atoms with Crippen LogP contribution in [0.4, 0.5) is 5.82 Å². The van der Waals surface area contributed by atoms with Gasteiger partial charge in [-0.25, -0.2) is 4.98 Å². The van der Waals surface area contributed by atoms with E-state index in [1.807, 2.05) is 40.6 Å². The molecule has 3 aromatic rings. The summed E-state index contributed by atoms with van der Waals surface area (Å²) in [6.07, 6.45) is 3.42. The van der Waals surface area contributed by atoms with E-state index in [0.29, 0.717) is 18.7 Å². The highest BCUT2D eigenvalue weighted by Crippen LogP contribution is 2.27. The third kappa shape index (κ3) is 2.78. The zero-order valence-electron chi connectivity index (χ0n) is 13.1.